The smallest absolute Gasteiger partial charge is 0.261 e. The number of aryl methyl sites for hydroxylation is 2. The van der Waals surface area contributed by atoms with Crippen molar-refractivity contribution in [1.82, 2.24) is 5.32 Å². The molecule has 2 nitrogen and oxygen atoms in total. The largest absolute Gasteiger partial charge is 0.347 e. The zero-order valence-corrected chi connectivity index (χ0v) is 11.8. The molecule has 1 amide bonds. The van der Waals surface area contributed by atoms with Crippen LogP contribution in [0.2, 0.25) is 0 Å². The fourth-order valence-corrected chi connectivity index (χ4v) is 2.92. The topological polar surface area (TPSA) is 29.1 Å². The average molecular weight is 277 g/mol. The number of carbonyl (C=O) groups is 1. The lowest BCUT2D eigenvalue weighted by Gasteiger charge is -2.04. The first-order valence-corrected chi connectivity index (χ1v) is 7.04. The number of halogens is 1. The van der Waals surface area contributed by atoms with E-state index in [1.165, 1.54) is 27.8 Å². The van der Waals surface area contributed by atoms with Crippen molar-refractivity contribution in [2.45, 2.75) is 26.8 Å². The van der Waals surface area contributed by atoms with Gasteiger partial charge in [0.25, 0.3) is 5.91 Å². The van der Waals surface area contributed by atoms with E-state index in [-0.39, 0.29) is 18.3 Å². The lowest BCUT2D eigenvalue weighted by Crippen LogP contribution is -2.22. The van der Waals surface area contributed by atoms with Crippen molar-refractivity contribution in [1.29, 1.82) is 0 Å². The van der Waals surface area contributed by atoms with Crippen molar-refractivity contribution in [3.63, 3.8) is 0 Å². The van der Waals surface area contributed by atoms with Gasteiger partial charge in [0.1, 0.15) is 5.82 Å². The third-order valence-electron chi connectivity index (χ3n) is 3.02. The fraction of sp³-hybridized carbons (Fsp3) is 0.267. The first-order chi connectivity index (χ1) is 9.11. The molecular weight excluding hydrogens is 261 g/mol. The van der Waals surface area contributed by atoms with Gasteiger partial charge in [-0.3, -0.25) is 4.79 Å². The highest BCUT2D eigenvalue weighted by Gasteiger charge is 2.11. The Balaban J connectivity index is 2.03. The van der Waals surface area contributed by atoms with E-state index in [1.54, 1.807) is 18.2 Å². The summed E-state index contributed by atoms with van der Waals surface area (Å²) in [6, 6.07) is 8.38. The molecule has 2 aromatic rings. The number of carbonyl (C=O) groups excluding carboxylic acids is 1. The summed E-state index contributed by atoms with van der Waals surface area (Å²) < 4.78 is 13.4. The number of thiophene rings is 1. The summed E-state index contributed by atoms with van der Waals surface area (Å²) in [6.07, 6.45) is 0.920. The SMILES string of the molecule is CCc1cc(C(=O)NCc2ccccc2F)sc1C. The van der Waals surface area contributed by atoms with Gasteiger partial charge in [0, 0.05) is 17.0 Å². The van der Waals surface area contributed by atoms with Crippen molar-refractivity contribution in [2.75, 3.05) is 0 Å². The molecular formula is C15H16FNOS. The Morgan fingerprint density at radius 1 is 1.32 bits per heavy atom. The molecule has 0 aliphatic carbocycles. The van der Waals surface area contributed by atoms with Crippen LogP contribution in [0.15, 0.2) is 30.3 Å². The molecule has 0 saturated heterocycles. The van der Waals surface area contributed by atoms with E-state index in [1.807, 2.05) is 13.0 Å². The molecule has 0 spiro atoms. The lowest BCUT2D eigenvalue weighted by atomic mass is 10.2. The second-order valence-corrected chi connectivity index (χ2v) is 5.58. The van der Waals surface area contributed by atoms with Crippen LogP contribution in [0.4, 0.5) is 4.39 Å². The van der Waals surface area contributed by atoms with Gasteiger partial charge in [-0.05, 0) is 31.0 Å². The van der Waals surface area contributed by atoms with Gasteiger partial charge in [0.15, 0.2) is 0 Å². The van der Waals surface area contributed by atoms with Gasteiger partial charge in [-0.15, -0.1) is 11.3 Å². The van der Waals surface area contributed by atoms with Gasteiger partial charge < -0.3 is 5.32 Å². The van der Waals surface area contributed by atoms with Gasteiger partial charge in [-0.1, -0.05) is 25.1 Å². The van der Waals surface area contributed by atoms with Crippen LogP contribution >= 0.6 is 11.3 Å². The molecule has 1 aromatic carbocycles. The Labute approximate surface area is 116 Å². The maximum atomic E-state index is 13.4. The van der Waals surface area contributed by atoms with Crippen LogP contribution in [-0.2, 0) is 13.0 Å². The van der Waals surface area contributed by atoms with Gasteiger partial charge in [-0.25, -0.2) is 4.39 Å². The Morgan fingerprint density at radius 3 is 2.68 bits per heavy atom. The average Bonchev–Trinajstić information content (AvgIpc) is 2.79. The molecule has 4 heteroatoms. The van der Waals surface area contributed by atoms with E-state index < -0.39 is 0 Å². The molecule has 0 aliphatic rings. The van der Waals surface area contributed by atoms with Gasteiger partial charge in [0.05, 0.1) is 4.88 Å². The highest BCUT2D eigenvalue weighted by atomic mass is 32.1. The van der Waals surface area contributed by atoms with E-state index in [2.05, 4.69) is 12.2 Å². The molecule has 2 rings (SSSR count). The predicted molar refractivity (Wildman–Crippen MR) is 76.0 cm³/mol. The Hall–Kier alpha value is -1.68. The second-order valence-electron chi connectivity index (χ2n) is 4.32. The van der Waals surface area contributed by atoms with Gasteiger partial charge in [0.2, 0.25) is 0 Å². The zero-order valence-electron chi connectivity index (χ0n) is 11.0. The van der Waals surface area contributed by atoms with Gasteiger partial charge in [-0.2, -0.15) is 0 Å². The third kappa shape index (κ3) is 3.20. The normalized spacial score (nSPS) is 10.5. The van der Waals surface area contributed by atoms with E-state index >= 15 is 0 Å². The number of nitrogens with one attached hydrogen (secondary N) is 1. The molecule has 0 radical (unpaired) electrons. The number of hydrogen-bond acceptors (Lipinski definition) is 2. The fourth-order valence-electron chi connectivity index (χ4n) is 1.89. The molecule has 0 bridgehead atoms. The summed E-state index contributed by atoms with van der Waals surface area (Å²) in [4.78, 5) is 13.8. The summed E-state index contributed by atoms with van der Waals surface area (Å²) in [6.45, 7) is 4.29. The minimum absolute atomic E-state index is 0.143. The number of rotatable bonds is 4. The van der Waals surface area contributed by atoms with Crippen LogP contribution in [0.1, 0.15) is 32.6 Å². The molecule has 1 heterocycles. The molecule has 19 heavy (non-hydrogen) atoms. The summed E-state index contributed by atoms with van der Waals surface area (Å²) in [5.74, 6) is -0.435. The minimum atomic E-state index is -0.292. The van der Waals surface area contributed by atoms with E-state index in [0.717, 1.165) is 6.42 Å². The summed E-state index contributed by atoms with van der Waals surface area (Å²) in [5, 5.41) is 2.75. The van der Waals surface area contributed by atoms with Crippen LogP contribution in [0.3, 0.4) is 0 Å². The van der Waals surface area contributed by atoms with Crippen molar-refractivity contribution in [3.05, 3.63) is 57.0 Å². The zero-order chi connectivity index (χ0) is 13.8. The number of amides is 1. The molecule has 0 fully saturated rings. The first-order valence-electron chi connectivity index (χ1n) is 6.22. The van der Waals surface area contributed by atoms with Crippen molar-refractivity contribution in [3.8, 4) is 0 Å². The lowest BCUT2D eigenvalue weighted by molar-refractivity contribution is 0.0954. The Morgan fingerprint density at radius 2 is 2.05 bits per heavy atom. The van der Waals surface area contributed by atoms with E-state index in [4.69, 9.17) is 0 Å². The Kier molecular flexibility index (Phi) is 4.32. The highest BCUT2D eigenvalue weighted by Crippen LogP contribution is 2.22. The quantitative estimate of drug-likeness (QED) is 0.907. The van der Waals surface area contributed by atoms with E-state index in [9.17, 15) is 9.18 Å². The van der Waals surface area contributed by atoms with E-state index in [0.29, 0.717) is 10.4 Å². The first kappa shape index (κ1) is 13.7. The Bertz CT molecular complexity index is 592. The maximum absolute atomic E-state index is 13.4. The summed E-state index contributed by atoms with van der Waals surface area (Å²) in [5.41, 5.74) is 1.70. The summed E-state index contributed by atoms with van der Waals surface area (Å²) in [7, 11) is 0. The second kappa shape index (κ2) is 5.97. The van der Waals surface area contributed by atoms with Crippen LogP contribution < -0.4 is 5.32 Å². The monoisotopic (exact) mass is 277 g/mol. The van der Waals surface area contributed by atoms with Crippen molar-refractivity contribution in [2.24, 2.45) is 0 Å². The third-order valence-corrected chi connectivity index (χ3v) is 4.11. The minimum Gasteiger partial charge on any atom is -0.347 e. The van der Waals surface area contributed by atoms with Crippen LogP contribution in [0.5, 0.6) is 0 Å². The van der Waals surface area contributed by atoms with Crippen molar-refractivity contribution < 1.29 is 9.18 Å². The molecule has 0 unspecified atom stereocenters. The van der Waals surface area contributed by atoms with Crippen LogP contribution in [-0.4, -0.2) is 5.91 Å². The standard InChI is InChI=1S/C15H16FNOS/c1-3-11-8-14(19-10(11)2)15(18)17-9-12-6-4-5-7-13(12)16/h4-8H,3,9H2,1-2H3,(H,17,18). The van der Waals surface area contributed by atoms with Crippen molar-refractivity contribution >= 4 is 17.2 Å². The number of hydrogen-bond donors (Lipinski definition) is 1. The van der Waals surface area contributed by atoms with Gasteiger partial charge >= 0.3 is 0 Å². The number of benzene rings is 1. The highest BCUT2D eigenvalue weighted by molar-refractivity contribution is 7.14. The maximum Gasteiger partial charge on any atom is 0.261 e. The van der Waals surface area contributed by atoms with Crippen LogP contribution in [0, 0.1) is 12.7 Å². The molecule has 0 aliphatic heterocycles. The molecule has 1 N–H and O–H groups in total. The molecule has 0 atom stereocenters. The molecule has 0 saturated carbocycles. The molecule has 1 aromatic heterocycles. The summed E-state index contributed by atoms with van der Waals surface area (Å²) >= 11 is 1.48. The van der Waals surface area contributed by atoms with Crippen LogP contribution in [0.25, 0.3) is 0 Å². The molecule has 100 valence electrons. The predicted octanol–water partition coefficient (Wildman–Crippen LogP) is 3.69.